The molecule has 0 heterocycles. The second-order valence-electron chi connectivity index (χ2n) is 4.69. The van der Waals surface area contributed by atoms with Crippen molar-refractivity contribution in [2.45, 2.75) is 0 Å². The van der Waals surface area contributed by atoms with Crippen LogP contribution >= 0.6 is 11.6 Å². The summed E-state index contributed by atoms with van der Waals surface area (Å²) in [4.78, 5) is 2.10. The Balaban J connectivity index is 2.08. The van der Waals surface area contributed by atoms with E-state index < -0.39 is 0 Å². The normalized spacial score (nSPS) is 10.7. The van der Waals surface area contributed by atoms with Crippen LogP contribution in [0.4, 0.5) is 0 Å². The minimum absolute atomic E-state index is 0.692. The summed E-state index contributed by atoms with van der Waals surface area (Å²) >= 11 is 5.90. The van der Waals surface area contributed by atoms with Crippen LogP contribution in [-0.4, -0.2) is 32.1 Å². The van der Waals surface area contributed by atoms with Crippen molar-refractivity contribution in [1.82, 2.24) is 4.90 Å². The van der Waals surface area contributed by atoms with Crippen LogP contribution in [-0.2, 0) is 0 Å². The van der Waals surface area contributed by atoms with E-state index in [1.54, 1.807) is 0 Å². The van der Waals surface area contributed by atoms with Crippen molar-refractivity contribution < 1.29 is 4.74 Å². The highest BCUT2D eigenvalue weighted by atomic mass is 35.5. The van der Waals surface area contributed by atoms with Crippen molar-refractivity contribution in [1.29, 1.82) is 0 Å². The van der Waals surface area contributed by atoms with Gasteiger partial charge in [-0.25, -0.2) is 0 Å². The predicted molar refractivity (Wildman–Crippen MR) is 80.9 cm³/mol. The van der Waals surface area contributed by atoms with Crippen LogP contribution in [0, 0.1) is 0 Å². The van der Waals surface area contributed by atoms with Gasteiger partial charge in [0.2, 0.25) is 0 Å². The number of likely N-dealkylation sites (N-methyl/N-ethyl adjacent to an activating group) is 1. The maximum absolute atomic E-state index is 5.90. The zero-order chi connectivity index (χ0) is 13.7. The monoisotopic (exact) mass is 275 g/mol. The van der Waals surface area contributed by atoms with E-state index in [1.807, 2.05) is 50.5 Å². The minimum atomic E-state index is 0.692. The van der Waals surface area contributed by atoms with Crippen LogP contribution in [0.15, 0.2) is 48.5 Å². The molecule has 2 aromatic carbocycles. The van der Waals surface area contributed by atoms with Crippen LogP contribution in [0.3, 0.4) is 0 Å². The average molecular weight is 276 g/mol. The van der Waals surface area contributed by atoms with Crippen LogP contribution in [0.2, 0.25) is 5.02 Å². The topological polar surface area (TPSA) is 12.5 Å². The van der Waals surface area contributed by atoms with Crippen LogP contribution in [0.5, 0.6) is 5.75 Å². The van der Waals surface area contributed by atoms with E-state index in [0.717, 1.165) is 28.4 Å². The molecule has 0 saturated carbocycles. The number of rotatable bonds is 5. The summed E-state index contributed by atoms with van der Waals surface area (Å²) in [6.07, 6.45) is 0. The molecule has 0 amide bonds. The van der Waals surface area contributed by atoms with Crippen LogP contribution < -0.4 is 4.74 Å². The molecule has 0 spiro atoms. The molecule has 100 valence electrons. The first-order valence-electron chi connectivity index (χ1n) is 6.29. The van der Waals surface area contributed by atoms with Crippen LogP contribution in [0.25, 0.3) is 11.1 Å². The molecule has 3 heteroatoms. The van der Waals surface area contributed by atoms with E-state index in [1.165, 1.54) is 0 Å². The Morgan fingerprint density at radius 2 is 1.74 bits per heavy atom. The molecule has 0 aliphatic carbocycles. The van der Waals surface area contributed by atoms with Gasteiger partial charge in [0.1, 0.15) is 12.4 Å². The number of nitrogens with zero attached hydrogens (tertiary/aromatic N) is 1. The van der Waals surface area contributed by atoms with Crippen LogP contribution in [0.1, 0.15) is 0 Å². The van der Waals surface area contributed by atoms with Gasteiger partial charge in [0.15, 0.2) is 0 Å². The fourth-order valence-corrected chi connectivity index (χ4v) is 1.88. The summed E-state index contributed by atoms with van der Waals surface area (Å²) in [6.45, 7) is 1.60. The van der Waals surface area contributed by atoms with Gasteiger partial charge < -0.3 is 9.64 Å². The highest BCUT2D eigenvalue weighted by Crippen LogP contribution is 2.25. The maximum Gasteiger partial charge on any atom is 0.119 e. The van der Waals surface area contributed by atoms with Gasteiger partial charge in [0.05, 0.1) is 0 Å². The third-order valence-electron chi connectivity index (χ3n) is 2.82. The van der Waals surface area contributed by atoms with Gasteiger partial charge in [-0.05, 0) is 49.5 Å². The highest BCUT2D eigenvalue weighted by molar-refractivity contribution is 6.30. The first-order chi connectivity index (χ1) is 9.15. The molecule has 0 unspecified atom stereocenters. The summed E-state index contributed by atoms with van der Waals surface area (Å²) < 4.78 is 5.73. The molecule has 0 saturated heterocycles. The molecular weight excluding hydrogens is 258 g/mol. The maximum atomic E-state index is 5.90. The molecule has 0 fully saturated rings. The fraction of sp³-hybridized carbons (Fsp3) is 0.250. The molecular formula is C16H18ClNO. The van der Waals surface area contributed by atoms with Gasteiger partial charge in [0, 0.05) is 11.6 Å². The Hall–Kier alpha value is -1.51. The van der Waals surface area contributed by atoms with Crippen molar-refractivity contribution in [3.8, 4) is 16.9 Å². The van der Waals surface area contributed by atoms with Gasteiger partial charge in [-0.15, -0.1) is 0 Å². The Labute approximate surface area is 119 Å². The highest BCUT2D eigenvalue weighted by Gasteiger charge is 2.00. The Morgan fingerprint density at radius 3 is 2.42 bits per heavy atom. The molecule has 0 N–H and O–H groups in total. The third kappa shape index (κ3) is 4.27. The van der Waals surface area contributed by atoms with Gasteiger partial charge in [-0.1, -0.05) is 35.9 Å². The number of hydrogen-bond donors (Lipinski definition) is 0. The molecule has 0 atom stereocenters. The number of hydrogen-bond acceptors (Lipinski definition) is 2. The first kappa shape index (κ1) is 13.9. The zero-order valence-electron chi connectivity index (χ0n) is 11.3. The predicted octanol–water partition coefficient (Wildman–Crippen LogP) is 3.95. The summed E-state index contributed by atoms with van der Waals surface area (Å²) in [5.41, 5.74) is 2.28. The van der Waals surface area contributed by atoms with Gasteiger partial charge in [-0.2, -0.15) is 0 Å². The van der Waals surface area contributed by atoms with E-state index in [2.05, 4.69) is 17.0 Å². The van der Waals surface area contributed by atoms with Gasteiger partial charge >= 0.3 is 0 Å². The molecule has 19 heavy (non-hydrogen) atoms. The molecule has 0 bridgehead atoms. The molecule has 2 rings (SSSR count). The summed E-state index contributed by atoms with van der Waals surface area (Å²) in [6, 6.07) is 15.9. The molecule has 0 aliphatic rings. The van der Waals surface area contributed by atoms with E-state index >= 15 is 0 Å². The van der Waals surface area contributed by atoms with Gasteiger partial charge in [-0.3, -0.25) is 0 Å². The molecule has 0 radical (unpaired) electrons. The standard InChI is InChI=1S/C16H18ClNO/c1-18(2)10-11-19-16-5-3-4-14(12-16)13-6-8-15(17)9-7-13/h3-9,12H,10-11H2,1-2H3. The second kappa shape index (κ2) is 6.60. The summed E-state index contributed by atoms with van der Waals surface area (Å²) in [5, 5.41) is 0.752. The van der Waals surface area contributed by atoms with Crippen molar-refractivity contribution in [3.63, 3.8) is 0 Å². The lowest BCUT2D eigenvalue weighted by molar-refractivity contribution is 0.261. The lowest BCUT2D eigenvalue weighted by Gasteiger charge is -2.11. The smallest absolute Gasteiger partial charge is 0.119 e. The second-order valence-corrected chi connectivity index (χ2v) is 5.12. The summed E-state index contributed by atoms with van der Waals surface area (Å²) in [7, 11) is 4.07. The zero-order valence-corrected chi connectivity index (χ0v) is 12.0. The number of ether oxygens (including phenoxy) is 1. The molecule has 2 aromatic rings. The summed E-state index contributed by atoms with van der Waals surface area (Å²) in [5.74, 6) is 0.898. The van der Waals surface area contributed by atoms with Crippen molar-refractivity contribution >= 4 is 11.6 Å². The molecule has 0 aliphatic heterocycles. The van der Waals surface area contributed by atoms with E-state index in [-0.39, 0.29) is 0 Å². The van der Waals surface area contributed by atoms with E-state index in [9.17, 15) is 0 Å². The first-order valence-corrected chi connectivity index (χ1v) is 6.66. The number of halogens is 1. The fourth-order valence-electron chi connectivity index (χ4n) is 1.75. The Bertz CT molecular complexity index is 523. The largest absolute Gasteiger partial charge is 0.492 e. The van der Waals surface area contributed by atoms with Crippen molar-refractivity contribution in [2.24, 2.45) is 0 Å². The minimum Gasteiger partial charge on any atom is -0.492 e. The molecule has 0 aromatic heterocycles. The SMILES string of the molecule is CN(C)CCOc1cccc(-c2ccc(Cl)cc2)c1. The Morgan fingerprint density at radius 1 is 1.00 bits per heavy atom. The lowest BCUT2D eigenvalue weighted by atomic mass is 10.1. The number of benzene rings is 2. The van der Waals surface area contributed by atoms with E-state index in [4.69, 9.17) is 16.3 Å². The molecule has 2 nitrogen and oxygen atoms in total. The third-order valence-corrected chi connectivity index (χ3v) is 3.07. The van der Waals surface area contributed by atoms with Crippen molar-refractivity contribution in [3.05, 3.63) is 53.6 Å². The quantitative estimate of drug-likeness (QED) is 0.819. The Kier molecular flexibility index (Phi) is 4.83. The lowest BCUT2D eigenvalue weighted by Crippen LogP contribution is -2.19. The van der Waals surface area contributed by atoms with Crippen molar-refractivity contribution in [2.75, 3.05) is 27.2 Å². The van der Waals surface area contributed by atoms with Gasteiger partial charge in [0.25, 0.3) is 0 Å². The van der Waals surface area contributed by atoms with E-state index in [0.29, 0.717) is 6.61 Å². The average Bonchev–Trinajstić information content (AvgIpc) is 2.39.